The summed E-state index contributed by atoms with van der Waals surface area (Å²) >= 11 is 0. The molecular weight excluding hydrogens is 364 g/mol. The van der Waals surface area contributed by atoms with E-state index in [4.69, 9.17) is 4.74 Å². The van der Waals surface area contributed by atoms with E-state index in [0.29, 0.717) is 17.0 Å². The Balaban J connectivity index is 1.91. The highest BCUT2D eigenvalue weighted by atomic mass is 32.2. The molecule has 7 heteroatoms. The molecule has 2 aromatic rings. The number of fused-ring (bicyclic) bond motifs is 1. The van der Waals surface area contributed by atoms with Gasteiger partial charge in [-0.1, -0.05) is 0 Å². The van der Waals surface area contributed by atoms with Crippen molar-refractivity contribution in [3.63, 3.8) is 0 Å². The molecular formula is C20H24N2O4S. The molecule has 0 bridgehead atoms. The maximum absolute atomic E-state index is 12.4. The van der Waals surface area contributed by atoms with Gasteiger partial charge in [-0.3, -0.25) is 4.79 Å². The van der Waals surface area contributed by atoms with E-state index in [-0.39, 0.29) is 5.78 Å². The maximum Gasteiger partial charge on any atom is 0.242 e. The molecule has 144 valence electrons. The van der Waals surface area contributed by atoms with Gasteiger partial charge < -0.3 is 9.64 Å². The van der Waals surface area contributed by atoms with Gasteiger partial charge in [0.05, 0.1) is 12.0 Å². The lowest BCUT2D eigenvalue weighted by Crippen LogP contribution is -2.22. The number of methoxy groups -OCH3 is 1. The lowest BCUT2D eigenvalue weighted by molar-refractivity contribution is 0.101. The summed E-state index contributed by atoms with van der Waals surface area (Å²) in [5, 5.41) is 0. The van der Waals surface area contributed by atoms with Gasteiger partial charge in [0.2, 0.25) is 10.0 Å². The topological polar surface area (TPSA) is 66.9 Å². The van der Waals surface area contributed by atoms with Crippen LogP contribution in [0.3, 0.4) is 0 Å². The molecule has 0 radical (unpaired) electrons. The van der Waals surface area contributed by atoms with E-state index in [9.17, 15) is 13.2 Å². The summed E-state index contributed by atoms with van der Waals surface area (Å²) in [6.07, 6.45) is 0.779. The van der Waals surface area contributed by atoms with Gasteiger partial charge >= 0.3 is 0 Å². The fourth-order valence-electron chi connectivity index (χ4n) is 3.31. The second-order valence-electron chi connectivity index (χ2n) is 6.83. The van der Waals surface area contributed by atoms with Crippen LogP contribution in [0.15, 0.2) is 41.3 Å². The molecule has 3 rings (SSSR count). The summed E-state index contributed by atoms with van der Waals surface area (Å²) in [5.41, 5.74) is 3.61. The van der Waals surface area contributed by atoms with Crippen molar-refractivity contribution in [1.29, 1.82) is 0 Å². The standard InChI is InChI=1S/C20H24N2O4S/c1-14(23)15-5-8-20(26-4)17(11-15)13-22-10-9-16-12-18(6-7-19(16)22)27(24,25)21(2)3/h5-8,11-12H,9-10,13H2,1-4H3. The molecule has 0 saturated carbocycles. The molecule has 0 aliphatic carbocycles. The van der Waals surface area contributed by atoms with E-state index in [1.54, 1.807) is 32.2 Å². The highest BCUT2D eigenvalue weighted by Gasteiger charge is 2.24. The van der Waals surface area contributed by atoms with Crippen molar-refractivity contribution in [3.8, 4) is 5.75 Å². The summed E-state index contributed by atoms with van der Waals surface area (Å²) in [6.45, 7) is 2.93. The molecule has 1 heterocycles. The first-order valence-corrected chi connectivity index (χ1v) is 10.2. The van der Waals surface area contributed by atoms with Crippen LogP contribution >= 0.6 is 0 Å². The molecule has 27 heavy (non-hydrogen) atoms. The normalized spacial score (nSPS) is 13.7. The Bertz CT molecular complexity index is 983. The number of anilines is 1. The Morgan fingerprint density at radius 1 is 1.19 bits per heavy atom. The average molecular weight is 388 g/mol. The van der Waals surface area contributed by atoms with Crippen molar-refractivity contribution in [1.82, 2.24) is 4.31 Å². The van der Waals surface area contributed by atoms with Gasteiger partial charge in [0.1, 0.15) is 5.75 Å². The van der Waals surface area contributed by atoms with Crippen LogP contribution in [0.2, 0.25) is 0 Å². The van der Waals surface area contributed by atoms with Crippen molar-refractivity contribution in [2.24, 2.45) is 0 Å². The first-order valence-electron chi connectivity index (χ1n) is 8.72. The third-order valence-electron chi connectivity index (χ3n) is 4.87. The molecule has 0 saturated heterocycles. The van der Waals surface area contributed by atoms with Crippen LogP contribution in [-0.4, -0.2) is 46.3 Å². The monoisotopic (exact) mass is 388 g/mol. The number of rotatable bonds is 6. The number of benzene rings is 2. The lowest BCUT2D eigenvalue weighted by atomic mass is 10.1. The predicted octanol–water partition coefficient (Wildman–Crippen LogP) is 2.71. The molecule has 1 aliphatic heterocycles. The van der Waals surface area contributed by atoms with Gasteiger partial charge in [-0.15, -0.1) is 0 Å². The lowest BCUT2D eigenvalue weighted by Gasteiger charge is -2.21. The van der Waals surface area contributed by atoms with Gasteiger partial charge in [0, 0.05) is 44.0 Å². The highest BCUT2D eigenvalue weighted by Crippen LogP contribution is 2.33. The third kappa shape index (κ3) is 3.70. The molecule has 0 amide bonds. The number of carbonyl (C=O) groups is 1. The number of nitrogens with zero attached hydrogens (tertiary/aromatic N) is 2. The molecule has 2 aromatic carbocycles. The molecule has 0 fully saturated rings. The van der Waals surface area contributed by atoms with Crippen LogP contribution < -0.4 is 9.64 Å². The molecule has 0 aromatic heterocycles. The second kappa shape index (κ2) is 7.32. The average Bonchev–Trinajstić information content (AvgIpc) is 3.03. The number of Topliss-reactive ketones (excluding diaryl/α,β-unsaturated/α-hetero) is 1. The van der Waals surface area contributed by atoms with Crippen LogP contribution in [0.1, 0.15) is 28.4 Å². The maximum atomic E-state index is 12.4. The summed E-state index contributed by atoms with van der Waals surface area (Å²) in [6, 6.07) is 10.7. The number of hydrogen-bond donors (Lipinski definition) is 0. The molecule has 0 unspecified atom stereocenters. The Labute approximate surface area is 160 Å². The predicted molar refractivity (Wildman–Crippen MR) is 105 cm³/mol. The number of ether oxygens (including phenoxy) is 1. The minimum absolute atomic E-state index is 0.0132. The van der Waals surface area contributed by atoms with Gasteiger partial charge in [0.15, 0.2) is 5.78 Å². The van der Waals surface area contributed by atoms with Crippen molar-refractivity contribution in [2.75, 3.05) is 32.6 Å². The zero-order valence-electron chi connectivity index (χ0n) is 16.0. The van der Waals surface area contributed by atoms with Crippen LogP contribution in [0.4, 0.5) is 5.69 Å². The van der Waals surface area contributed by atoms with E-state index >= 15 is 0 Å². The zero-order valence-corrected chi connectivity index (χ0v) is 16.8. The van der Waals surface area contributed by atoms with Crippen LogP contribution in [0.25, 0.3) is 0 Å². The SMILES string of the molecule is COc1ccc(C(C)=O)cc1CN1CCc2cc(S(=O)(=O)N(C)C)ccc21. The van der Waals surface area contributed by atoms with Crippen molar-refractivity contribution < 1.29 is 17.9 Å². The second-order valence-corrected chi connectivity index (χ2v) is 8.98. The van der Waals surface area contributed by atoms with E-state index in [1.165, 1.54) is 18.4 Å². The first-order chi connectivity index (χ1) is 12.7. The Morgan fingerprint density at radius 2 is 1.93 bits per heavy atom. The van der Waals surface area contributed by atoms with Crippen LogP contribution in [0.5, 0.6) is 5.75 Å². The largest absolute Gasteiger partial charge is 0.496 e. The summed E-state index contributed by atoms with van der Waals surface area (Å²) in [7, 11) is 1.23. The molecule has 1 aliphatic rings. The molecule has 0 atom stereocenters. The van der Waals surface area contributed by atoms with Crippen molar-refractivity contribution >= 4 is 21.5 Å². The van der Waals surface area contributed by atoms with Crippen LogP contribution in [0, 0.1) is 0 Å². The van der Waals surface area contributed by atoms with Crippen LogP contribution in [-0.2, 0) is 23.0 Å². The first kappa shape index (κ1) is 19.4. The number of sulfonamides is 1. The Morgan fingerprint density at radius 3 is 2.56 bits per heavy atom. The zero-order chi connectivity index (χ0) is 19.8. The fourth-order valence-corrected chi connectivity index (χ4v) is 4.26. The van der Waals surface area contributed by atoms with E-state index < -0.39 is 10.0 Å². The minimum atomic E-state index is -3.44. The van der Waals surface area contributed by atoms with E-state index in [1.807, 2.05) is 18.2 Å². The Kier molecular flexibility index (Phi) is 5.26. The van der Waals surface area contributed by atoms with E-state index in [0.717, 1.165) is 35.5 Å². The van der Waals surface area contributed by atoms with Gasteiger partial charge in [0.25, 0.3) is 0 Å². The summed E-state index contributed by atoms with van der Waals surface area (Å²) < 4.78 is 31.4. The number of hydrogen-bond acceptors (Lipinski definition) is 5. The number of ketones is 1. The van der Waals surface area contributed by atoms with E-state index in [2.05, 4.69) is 4.90 Å². The quantitative estimate of drug-likeness (QED) is 0.712. The highest BCUT2D eigenvalue weighted by molar-refractivity contribution is 7.89. The minimum Gasteiger partial charge on any atom is -0.496 e. The van der Waals surface area contributed by atoms with Crippen molar-refractivity contribution in [2.45, 2.75) is 24.8 Å². The van der Waals surface area contributed by atoms with Gasteiger partial charge in [-0.05, 0) is 55.3 Å². The summed E-state index contributed by atoms with van der Waals surface area (Å²) in [4.78, 5) is 14.2. The fraction of sp³-hybridized carbons (Fsp3) is 0.350. The summed E-state index contributed by atoms with van der Waals surface area (Å²) in [5.74, 6) is 0.750. The third-order valence-corrected chi connectivity index (χ3v) is 6.68. The molecule has 0 spiro atoms. The Hall–Kier alpha value is -2.38. The smallest absolute Gasteiger partial charge is 0.242 e. The van der Waals surface area contributed by atoms with Gasteiger partial charge in [-0.25, -0.2) is 12.7 Å². The van der Waals surface area contributed by atoms with Gasteiger partial charge in [-0.2, -0.15) is 0 Å². The number of carbonyl (C=O) groups excluding carboxylic acids is 1. The molecule has 6 nitrogen and oxygen atoms in total. The molecule has 0 N–H and O–H groups in total. The van der Waals surface area contributed by atoms with Crippen molar-refractivity contribution in [3.05, 3.63) is 53.1 Å².